The molecule has 0 saturated carbocycles. The van der Waals surface area contributed by atoms with Gasteiger partial charge in [-0.1, -0.05) is 39.0 Å². The minimum absolute atomic E-state index is 0.0989. The van der Waals surface area contributed by atoms with Crippen molar-refractivity contribution < 1.29 is 13.5 Å². The molecule has 0 amide bonds. The zero-order chi connectivity index (χ0) is 15.7. The van der Waals surface area contributed by atoms with E-state index < -0.39 is 10.0 Å². The molecule has 4 nitrogen and oxygen atoms in total. The smallest absolute Gasteiger partial charge is 0.242 e. The van der Waals surface area contributed by atoms with E-state index in [1.54, 1.807) is 6.07 Å². The third-order valence-electron chi connectivity index (χ3n) is 3.73. The first kappa shape index (κ1) is 16.4. The highest BCUT2D eigenvalue weighted by Gasteiger charge is 2.26. The number of benzene rings is 1. The van der Waals surface area contributed by atoms with Gasteiger partial charge in [0.2, 0.25) is 10.0 Å². The topological polar surface area (TPSA) is 66.4 Å². The quantitative estimate of drug-likeness (QED) is 0.857. The maximum Gasteiger partial charge on any atom is 0.242 e. The summed E-state index contributed by atoms with van der Waals surface area (Å²) in [7, 11) is -3.63. The number of hydrogen-bond donors (Lipinski definition) is 2. The van der Waals surface area contributed by atoms with Gasteiger partial charge in [0, 0.05) is 16.6 Å². The molecule has 2 N–H and O–H groups in total. The van der Waals surface area contributed by atoms with Crippen molar-refractivity contribution in [3.63, 3.8) is 0 Å². The molecule has 0 fully saturated rings. The molecule has 0 radical (unpaired) electrons. The van der Waals surface area contributed by atoms with Gasteiger partial charge in [-0.05, 0) is 17.9 Å². The van der Waals surface area contributed by atoms with Crippen LogP contribution in [0.5, 0.6) is 0 Å². The SMILES string of the molecule is CCC(C)(C)CNS(=O)(=O)c1c(CO)sc2ccccc12. The van der Waals surface area contributed by atoms with Crippen molar-refractivity contribution in [2.75, 3.05) is 6.54 Å². The molecule has 0 aliphatic heterocycles. The second-order valence-electron chi connectivity index (χ2n) is 5.85. The normalized spacial score (nSPS) is 13.0. The predicted molar refractivity (Wildman–Crippen MR) is 87.0 cm³/mol. The van der Waals surface area contributed by atoms with Crippen molar-refractivity contribution >= 4 is 31.4 Å². The summed E-state index contributed by atoms with van der Waals surface area (Å²) in [6.45, 7) is 6.18. The Labute approximate surface area is 129 Å². The number of aliphatic hydroxyl groups is 1. The molecule has 1 aromatic heterocycles. The lowest BCUT2D eigenvalue weighted by atomic mass is 9.91. The minimum atomic E-state index is -3.63. The number of sulfonamides is 1. The molecule has 0 atom stereocenters. The Morgan fingerprint density at radius 2 is 1.95 bits per heavy atom. The molecule has 1 heterocycles. The van der Waals surface area contributed by atoms with Crippen LogP contribution >= 0.6 is 11.3 Å². The Hall–Kier alpha value is -0.950. The maximum atomic E-state index is 12.6. The second kappa shape index (κ2) is 6.04. The average Bonchev–Trinajstić information content (AvgIpc) is 2.84. The van der Waals surface area contributed by atoms with Crippen LogP contribution in [0.3, 0.4) is 0 Å². The minimum Gasteiger partial charge on any atom is -0.391 e. The molecule has 0 aliphatic carbocycles. The molecular weight excluding hydrogens is 306 g/mol. The van der Waals surface area contributed by atoms with Gasteiger partial charge in [-0.25, -0.2) is 13.1 Å². The van der Waals surface area contributed by atoms with Crippen molar-refractivity contribution in [1.29, 1.82) is 0 Å². The zero-order valence-corrected chi connectivity index (χ0v) is 14.1. The average molecular weight is 327 g/mol. The van der Waals surface area contributed by atoms with Crippen molar-refractivity contribution in [3.8, 4) is 0 Å². The van der Waals surface area contributed by atoms with E-state index in [4.69, 9.17) is 0 Å². The molecule has 2 aromatic rings. The Balaban J connectivity index is 2.44. The summed E-state index contributed by atoms with van der Waals surface area (Å²) in [5, 5.41) is 10.1. The van der Waals surface area contributed by atoms with Gasteiger partial charge < -0.3 is 5.11 Å². The van der Waals surface area contributed by atoms with E-state index in [0.29, 0.717) is 16.8 Å². The van der Waals surface area contributed by atoms with Gasteiger partial charge in [0.05, 0.1) is 11.5 Å². The third kappa shape index (κ3) is 3.45. The second-order valence-corrected chi connectivity index (χ2v) is 8.69. The molecule has 1 aromatic carbocycles. The number of rotatable bonds is 6. The van der Waals surface area contributed by atoms with Crippen LogP contribution in [-0.4, -0.2) is 20.1 Å². The maximum absolute atomic E-state index is 12.6. The Morgan fingerprint density at radius 1 is 1.29 bits per heavy atom. The van der Waals surface area contributed by atoms with Gasteiger partial charge in [-0.2, -0.15) is 0 Å². The van der Waals surface area contributed by atoms with Crippen LogP contribution in [0.25, 0.3) is 10.1 Å². The lowest BCUT2D eigenvalue weighted by Crippen LogP contribution is -2.33. The summed E-state index contributed by atoms with van der Waals surface area (Å²) in [5.41, 5.74) is -0.0989. The Bertz CT molecular complexity index is 732. The largest absolute Gasteiger partial charge is 0.391 e. The molecule has 21 heavy (non-hydrogen) atoms. The fraction of sp³-hybridized carbons (Fsp3) is 0.467. The van der Waals surface area contributed by atoms with E-state index in [1.165, 1.54) is 11.3 Å². The van der Waals surface area contributed by atoms with Crippen LogP contribution in [0.15, 0.2) is 29.2 Å². The summed E-state index contributed by atoms with van der Waals surface area (Å²) >= 11 is 1.32. The summed E-state index contributed by atoms with van der Waals surface area (Å²) < 4.78 is 28.8. The number of hydrogen-bond acceptors (Lipinski definition) is 4. The highest BCUT2D eigenvalue weighted by molar-refractivity contribution is 7.90. The van der Waals surface area contributed by atoms with Crippen molar-refractivity contribution in [2.45, 2.75) is 38.7 Å². The monoisotopic (exact) mass is 327 g/mol. The van der Waals surface area contributed by atoms with Crippen LogP contribution < -0.4 is 4.72 Å². The zero-order valence-electron chi connectivity index (χ0n) is 12.5. The highest BCUT2D eigenvalue weighted by atomic mass is 32.2. The van der Waals surface area contributed by atoms with Gasteiger partial charge in [0.1, 0.15) is 4.90 Å². The fourth-order valence-electron chi connectivity index (χ4n) is 1.96. The van der Waals surface area contributed by atoms with E-state index in [0.717, 1.165) is 11.1 Å². The van der Waals surface area contributed by atoms with E-state index in [1.807, 2.05) is 39.0 Å². The van der Waals surface area contributed by atoms with Crippen LogP contribution in [0.1, 0.15) is 32.1 Å². The third-order valence-corrected chi connectivity index (χ3v) is 6.54. The number of nitrogens with one attached hydrogen (secondary N) is 1. The molecule has 0 aliphatic rings. The first-order valence-corrected chi connectivity index (χ1v) is 9.21. The molecule has 0 bridgehead atoms. The fourth-order valence-corrected chi connectivity index (χ4v) is 4.99. The number of fused-ring (bicyclic) bond motifs is 1. The lowest BCUT2D eigenvalue weighted by molar-refractivity contribution is 0.282. The lowest BCUT2D eigenvalue weighted by Gasteiger charge is -2.22. The van der Waals surface area contributed by atoms with Crippen LogP contribution in [0.2, 0.25) is 0 Å². The first-order valence-electron chi connectivity index (χ1n) is 6.91. The molecule has 0 saturated heterocycles. The van der Waals surface area contributed by atoms with Crippen LogP contribution in [0, 0.1) is 5.41 Å². The van der Waals surface area contributed by atoms with E-state index in [9.17, 15) is 13.5 Å². The van der Waals surface area contributed by atoms with Crippen LogP contribution in [-0.2, 0) is 16.6 Å². The highest BCUT2D eigenvalue weighted by Crippen LogP contribution is 2.34. The molecule has 116 valence electrons. The summed E-state index contributed by atoms with van der Waals surface area (Å²) in [6, 6.07) is 7.33. The van der Waals surface area contributed by atoms with Gasteiger partial charge in [0.25, 0.3) is 0 Å². The van der Waals surface area contributed by atoms with E-state index in [2.05, 4.69) is 4.72 Å². The van der Waals surface area contributed by atoms with Gasteiger partial charge in [0.15, 0.2) is 0 Å². The number of aliphatic hydroxyl groups excluding tert-OH is 1. The standard InChI is InChI=1S/C15H21NO3S2/c1-4-15(2,3)10-16-21(18,19)14-11-7-5-6-8-12(11)20-13(14)9-17/h5-8,16-17H,4,9-10H2,1-3H3. The van der Waals surface area contributed by atoms with Gasteiger partial charge in [-0.3, -0.25) is 0 Å². The first-order chi connectivity index (χ1) is 9.80. The molecule has 0 spiro atoms. The van der Waals surface area contributed by atoms with Crippen molar-refractivity contribution in [3.05, 3.63) is 29.1 Å². The molecule has 0 unspecified atom stereocenters. The molecule has 6 heteroatoms. The Kier molecular flexibility index (Phi) is 4.72. The van der Waals surface area contributed by atoms with E-state index in [-0.39, 0.29) is 16.9 Å². The number of thiophene rings is 1. The summed E-state index contributed by atoms with van der Waals surface area (Å²) in [6.07, 6.45) is 0.882. The van der Waals surface area contributed by atoms with Gasteiger partial charge in [-0.15, -0.1) is 11.3 Å². The van der Waals surface area contributed by atoms with Crippen LogP contribution in [0.4, 0.5) is 0 Å². The Morgan fingerprint density at radius 3 is 2.57 bits per heavy atom. The van der Waals surface area contributed by atoms with Crippen molar-refractivity contribution in [1.82, 2.24) is 4.72 Å². The summed E-state index contributed by atoms with van der Waals surface area (Å²) in [5.74, 6) is 0. The van der Waals surface area contributed by atoms with E-state index >= 15 is 0 Å². The summed E-state index contributed by atoms with van der Waals surface area (Å²) in [4.78, 5) is 0.704. The molecule has 2 rings (SSSR count). The van der Waals surface area contributed by atoms with Crippen molar-refractivity contribution in [2.24, 2.45) is 5.41 Å². The van der Waals surface area contributed by atoms with Gasteiger partial charge >= 0.3 is 0 Å². The molecular formula is C15H21NO3S2. The predicted octanol–water partition coefficient (Wildman–Crippen LogP) is 3.11.